The third kappa shape index (κ3) is 7.13. The minimum Gasteiger partial charge on any atom is -0.509 e. The maximum absolute atomic E-state index is 10.8. The predicted octanol–water partition coefficient (Wildman–Crippen LogP) is 8.30. The Hall–Kier alpha value is -0.270. The van der Waals surface area contributed by atoms with E-state index < -0.39 is 11.0 Å². The lowest BCUT2D eigenvalue weighted by atomic mass is 9.66. The molecule has 0 bridgehead atoms. The number of allylic oxidation sites excluding steroid dienone is 2. The van der Waals surface area contributed by atoms with Crippen LogP contribution in [0.15, 0.2) is 11.5 Å². The number of ether oxygens (including phenoxy) is 1. The van der Waals surface area contributed by atoms with Crippen LogP contribution in [0.4, 0.5) is 0 Å². The van der Waals surface area contributed by atoms with Crippen molar-refractivity contribution in [2.75, 3.05) is 6.16 Å². The second-order valence-corrected chi connectivity index (χ2v) is 13.9. The fourth-order valence-corrected chi connectivity index (χ4v) is 4.68. The summed E-state index contributed by atoms with van der Waals surface area (Å²) in [6, 6.07) is 0. The summed E-state index contributed by atoms with van der Waals surface area (Å²) in [7, 11) is 2.84. The maximum atomic E-state index is 10.8. The molecule has 0 fully saturated rings. The van der Waals surface area contributed by atoms with Gasteiger partial charge in [-0.3, -0.25) is 0 Å². The van der Waals surface area contributed by atoms with Gasteiger partial charge in [-0.15, -0.1) is 9.24 Å². The van der Waals surface area contributed by atoms with Gasteiger partial charge < -0.3 is 14.9 Å². The molecule has 0 spiro atoms. The van der Waals surface area contributed by atoms with Crippen LogP contribution in [0.2, 0.25) is 0 Å². The molecule has 0 saturated carbocycles. The van der Waals surface area contributed by atoms with Crippen molar-refractivity contribution in [1.82, 2.24) is 0 Å². The molecule has 4 heteroatoms. The molecule has 0 heterocycles. The highest BCUT2D eigenvalue weighted by Gasteiger charge is 2.49. The minimum atomic E-state index is -0.469. The highest BCUT2D eigenvalue weighted by atomic mass is 31.0. The molecule has 30 heavy (non-hydrogen) atoms. The Morgan fingerprint density at radius 2 is 1.23 bits per heavy atom. The van der Waals surface area contributed by atoms with E-state index in [0.717, 1.165) is 12.6 Å². The first-order chi connectivity index (χ1) is 12.9. The molecular formula is C26H53O3P. The molecule has 2 N–H and O–H groups in total. The first-order valence-corrected chi connectivity index (χ1v) is 12.3. The van der Waals surface area contributed by atoms with Gasteiger partial charge in [0.05, 0.1) is 11.2 Å². The standard InChI is InChI=1S/C26H53O3P/c1-18(15-19(27)20(28)22(5,6)16-21(2,3)4)24(9,10)26(13,14)29-25(11,12)23(7,8)17-30/h18,27-28H,15-17,30H2,1-14H3/b20-19+. The van der Waals surface area contributed by atoms with E-state index in [0.29, 0.717) is 6.42 Å². The fraction of sp³-hybridized carbons (Fsp3) is 0.923. The van der Waals surface area contributed by atoms with E-state index in [1.54, 1.807) is 0 Å². The molecule has 0 aromatic heterocycles. The van der Waals surface area contributed by atoms with E-state index in [2.05, 4.69) is 92.3 Å². The quantitative estimate of drug-likeness (QED) is 0.263. The zero-order valence-corrected chi connectivity index (χ0v) is 23.7. The van der Waals surface area contributed by atoms with E-state index in [4.69, 9.17) is 4.74 Å². The van der Waals surface area contributed by atoms with Gasteiger partial charge in [0.25, 0.3) is 0 Å². The van der Waals surface area contributed by atoms with Crippen LogP contribution < -0.4 is 0 Å². The van der Waals surface area contributed by atoms with Crippen LogP contribution in [0.5, 0.6) is 0 Å². The Balaban J connectivity index is 5.71. The summed E-state index contributed by atoms with van der Waals surface area (Å²) in [6.07, 6.45) is 2.17. The van der Waals surface area contributed by atoms with Crippen LogP contribution in [0.25, 0.3) is 0 Å². The second kappa shape index (κ2) is 9.30. The van der Waals surface area contributed by atoms with Crippen molar-refractivity contribution in [3.63, 3.8) is 0 Å². The largest absolute Gasteiger partial charge is 0.509 e. The molecule has 0 saturated heterocycles. The highest BCUT2D eigenvalue weighted by molar-refractivity contribution is 7.16. The lowest BCUT2D eigenvalue weighted by Crippen LogP contribution is -2.55. The fourth-order valence-electron chi connectivity index (χ4n) is 4.19. The van der Waals surface area contributed by atoms with Gasteiger partial charge in [-0.1, -0.05) is 69.2 Å². The molecule has 3 nitrogen and oxygen atoms in total. The molecule has 0 amide bonds. The maximum Gasteiger partial charge on any atom is 0.135 e. The Morgan fingerprint density at radius 3 is 1.60 bits per heavy atom. The van der Waals surface area contributed by atoms with Crippen molar-refractivity contribution < 1.29 is 14.9 Å². The zero-order valence-electron chi connectivity index (χ0n) is 22.6. The molecular weight excluding hydrogens is 391 g/mol. The average molecular weight is 445 g/mol. The Morgan fingerprint density at radius 1 is 0.800 bits per heavy atom. The predicted molar refractivity (Wildman–Crippen MR) is 135 cm³/mol. The van der Waals surface area contributed by atoms with Gasteiger partial charge in [0.15, 0.2) is 0 Å². The van der Waals surface area contributed by atoms with Gasteiger partial charge in [0.2, 0.25) is 0 Å². The number of hydrogen-bond acceptors (Lipinski definition) is 3. The van der Waals surface area contributed by atoms with Crippen LogP contribution in [-0.4, -0.2) is 27.6 Å². The molecule has 0 aromatic rings. The Bertz CT molecular complexity index is 604. The summed E-state index contributed by atoms with van der Waals surface area (Å²) in [5.74, 6) is 0.323. The van der Waals surface area contributed by atoms with Gasteiger partial charge in [0, 0.05) is 11.8 Å². The second-order valence-electron chi connectivity index (χ2n) is 13.5. The van der Waals surface area contributed by atoms with Crippen LogP contribution in [0.3, 0.4) is 0 Å². The third-order valence-electron chi connectivity index (χ3n) is 7.82. The lowest BCUT2D eigenvalue weighted by molar-refractivity contribution is -0.218. The summed E-state index contributed by atoms with van der Waals surface area (Å²) in [4.78, 5) is 0. The molecule has 0 rings (SSSR count). The van der Waals surface area contributed by atoms with Crippen molar-refractivity contribution in [2.24, 2.45) is 27.6 Å². The van der Waals surface area contributed by atoms with Gasteiger partial charge in [-0.25, -0.2) is 0 Å². The number of aliphatic hydroxyl groups excluding tert-OH is 2. The molecule has 0 aliphatic rings. The number of aliphatic hydroxyl groups is 2. The van der Waals surface area contributed by atoms with Gasteiger partial charge in [-0.2, -0.15) is 0 Å². The van der Waals surface area contributed by atoms with E-state index >= 15 is 0 Å². The van der Waals surface area contributed by atoms with E-state index in [1.807, 2.05) is 13.8 Å². The Kier molecular flexibility index (Phi) is 9.22. The number of hydrogen-bond donors (Lipinski definition) is 2. The van der Waals surface area contributed by atoms with Crippen LogP contribution in [0.1, 0.15) is 110 Å². The lowest BCUT2D eigenvalue weighted by Gasteiger charge is -2.53. The monoisotopic (exact) mass is 444 g/mol. The van der Waals surface area contributed by atoms with Gasteiger partial charge in [0.1, 0.15) is 11.5 Å². The molecule has 2 unspecified atom stereocenters. The molecule has 0 radical (unpaired) electrons. The van der Waals surface area contributed by atoms with Crippen molar-refractivity contribution in [3.8, 4) is 0 Å². The molecule has 0 aliphatic heterocycles. The highest BCUT2D eigenvalue weighted by Crippen LogP contribution is 2.48. The summed E-state index contributed by atoms with van der Waals surface area (Å²) >= 11 is 0. The van der Waals surface area contributed by atoms with Crippen LogP contribution in [-0.2, 0) is 4.74 Å². The normalized spacial score (nSPS) is 17.0. The number of rotatable bonds is 10. The summed E-state index contributed by atoms with van der Waals surface area (Å²) < 4.78 is 6.77. The van der Waals surface area contributed by atoms with Crippen LogP contribution in [0, 0.1) is 27.6 Å². The molecule has 180 valence electrons. The first-order valence-electron chi connectivity index (χ1n) is 11.5. The van der Waals surface area contributed by atoms with E-state index in [9.17, 15) is 10.2 Å². The van der Waals surface area contributed by atoms with Crippen molar-refractivity contribution in [1.29, 1.82) is 0 Å². The van der Waals surface area contributed by atoms with Gasteiger partial charge in [-0.05, 0) is 62.4 Å². The first kappa shape index (κ1) is 29.7. The van der Waals surface area contributed by atoms with Crippen molar-refractivity contribution in [2.45, 2.75) is 121 Å². The van der Waals surface area contributed by atoms with E-state index in [1.165, 1.54) is 0 Å². The topological polar surface area (TPSA) is 49.7 Å². The molecule has 2 atom stereocenters. The molecule has 0 aromatic carbocycles. The third-order valence-corrected chi connectivity index (χ3v) is 8.84. The zero-order chi connectivity index (χ0) is 24.6. The summed E-state index contributed by atoms with van der Waals surface area (Å²) in [6.45, 7) is 30.1. The minimum absolute atomic E-state index is 0.00550. The Labute approximate surface area is 190 Å². The van der Waals surface area contributed by atoms with Crippen LogP contribution >= 0.6 is 9.24 Å². The van der Waals surface area contributed by atoms with Crippen molar-refractivity contribution >= 4 is 9.24 Å². The van der Waals surface area contributed by atoms with Crippen molar-refractivity contribution in [3.05, 3.63) is 11.5 Å². The summed E-state index contributed by atoms with van der Waals surface area (Å²) in [5.41, 5.74) is -1.37. The SMILES string of the molecule is CC(C/C(O)=C(\O)C(C)(C)CC(C)(C)C)C(C)(C)C(C)(C)OC(C)(C)C(C)(C)CP. The van der Waals surface area contributed by atoms with Gasteiger partial charge >= 0.3 is 0 Å². The average Bonchev–Trinajstić information content (AvgIpc) is 2.50. The molecule has 0 aliphatic carbocycles. The van der Waals surface area contributed by atoms with E-state index in [-0.39, 0.29) is 39.3 Å². The summed E-state index contributed by atoms with van der Waals surface area (Å²) in [5, 5.41) is 21.7. The smallest absolute Gasteiger partial charge is 0.135 e.